The first-order valence-corrected chi connectivity index (χ1v) is 8.62. The summed E-state index contributed by atoms with van der Waals surface area (Å²) in [6, 6.07) is 6.08. The molecule has 1 atom stereocenters. The summed E-state index contributed by atoms with van der Waals surface area (Å²) in [5.41, 5.74) is 1.19. The molecule has 2 heterocycles. The lowest BCUT2D eigenvalue weighted by Gasteiger charge is -2.24. The van der Waals surface area contributed by atoms with Crippen LogP contribution in [0.2, 0.25) is 0 Å². The van der Waals surface area contributed by atoms with Crippen molar-refractivity contribution in [3.63, 3.8) is 0 Å². The summed E-state index contributed by atoms with van der Waals surface area (Å²) in [6.07, 6.45) is -4.01. The van der Waals surface area contributed by atoms with E-state index in [0.29, 0.717) is 29.8 Å². The molecule has 1 fully saturated rings. The third kappa shape index (κ3) is 3.99. The van der Waals surface area contributed by atoms with Crippen LogP contribution < -0.4 is 11.0 Å². The fraction of sp³-hybridized carbons (Fsp3) is 0.471. The second kappa shape index (κ2) is 7.45. The van der Waals surface area contributed by atoms with Gasteiger partial charge in [0.2, 0.25) is 5.91 Å². The molecule has 0 saturated carbocycles. The minimum atomic E-state index is -4.99. The molecule has 3 rings (SSSR count). The summed E-state index contributed by atoms with van der Waals surface area (Å²) in [4.78, 5) is 38.9. The van der Waals surface area contributed by atoms with Crippen molar-refractivity contribution < 1.29 is 22.8 Å². The molecular formula is C17H19F3N4O3. The first-order chi connectivity index (χ1) is 12.8. The van der Waals surface area contributed by atoms with Crippen molar-refractivity contribution in [2.75, 3.05) is 13.1 Å². The summed E-state index contributed by atoms with van der Waals surface area (Å²) in [5, 5.41) is 2.57. The van der Waals surface area contributed by atoms with Crippen molar-refractivity contribution in [2.45, 2.75) is 38.0 Å². The Hall–Kier alpha value is -2.78. The zero-order valence-corrected chi connectivity index (χ0v) is 14.4. The van der Waals surface area contributed by atoms with E-state index in [1.807, 2.05) is 0 Å². The van der Waals surface area contributed by atoms with E-state index in [-0.39, 0.29) is 25.2 Å². The first-order valence-electron chi connectivity index (χ1n) is 8.62. The maximum absolute atomic E-state index is 12.6. The monoisotopic (exact) mass is 384 g/mol. The molecule has 1 saturated heterocycles. The number of nitrogens with one attached hydrogen (secondary N) is 2. The minimum absolute atomic E-state index is 0.0822. The van der Waals surface area contributed by atoms with Gasteiger partial charge in [-0.15, -0.1) is 0 Å². The molecule has 1 aliphatic rings. The topological polar surface area (TPSA) is 87.2 Å². The fourth-order valence-corrected chi connectivity index (χ4v) is 3.34. The third-order valence-electron chi connectivity index (χ3n) is 4.60. The van der Waals surface area contributed by atoms with Gasteiger partial charge < -0.3 is 15.2 Å². The van der Waals surface area contributed by atoms with Gasteiger partial charge in [-0.1, -0.05) is 12.1 Å². The molecule has 146 valence electrons. The summed E-state index contributed by atoms with van der Waals surface area (Å²) < 4.78 is 39.4. The maximum atomic E-state index is 12.6. The number of rotatable bonds is 5. The molecule has 0 radical (unpaired) electrons. The number of aryl methyl sites for hydroxylation is 1. The molecule has 27 heavy (non-hydrogen) atoms. The smallest absolute Gasteiger partial charge is 0.354 e. The maximum Gasteiger partial charge on any atom is 0.471 e. The molecule has 1 aromatic heterocycles. The van der Waals surface area contributed by atoms with Crippen molar-refractivity contribution in [3.8, 4) is 0 Å². The highest BCUT2D eigenvalue weighted by atomic mass is 19.4. The van der Waals surface area contributed by atoms with Crippen LogP contribution in [0.25, 0.3) is 11.0 Å². The number of imidazole rings is 1. The van der Waals surface area contributed by atoms with Crippen molar-refractivity contribution in [3.05, 3.63) is 34.7 Å². The van der Waals surface area contributed by atoms with Crippen LogP contribution in [0.15, 0.2) is 29.1 Å². The Morgan fingerprint density at radius 1 is 1.26 bits per heavy atom. The normalized spacial score (nSPS) is 17.4. The predicted octanol–water partition coefficient (Wildman–Crippen LogP) is 1.39. The Balaban J connectivity index is 1.54. The highest BCUT2D eigenvalue weighted by Gasteiger charge is 2.47. The van der Waals surface area contributed by atoms with Crippen LogP contribution in [-0.4, -0.2) is 51.6 Å². The number of benzene rings is 1. The number of alkyl halides is 3. The van der Waals surface area contributed by atoms with Crippen LogP contribution in [0.4, 0.5) is 13.2 Å². The average Bonchev–Trinajstić information content (AvgIpc) is 3.21. The number of carbonyl (C=O) groups excluding carboxylic acids is 2. The van der Waals surface area contributed by atoms with Crippen LogP contribution in [0.5, 0.6) is 0 Å². The zero-order valence-electron chi connectivity index (χ0n) is 14.4. The molecule has 1 aliphatic heterocycles. The minimum Gasteiger partial charge on any atom is -0.354 e. The standard InChI is InChI=1S/C17H19F3N4O3/c18-17(19,20)15(26)23-9-3-7-13(23)14(25)21-8-4-10-24-12-6-2-1-5-11(12)22-16(24)27/h1-2,5-6,13H,3-4,7-10H2,(H,21,25)(H,22,27). The number of likely N-dealkylation sites (tertiary alicyclic amines) is 1. The van der Waals surface area contributed by atoms with E-state index in [4.69, 9.17) is 0 Å². The molecule has 1 aromatic carbocycles. The molecule has 7 nitrogen and oxygen atoms in total. The van der Waals surface area contributed by atoms with Gasteiger partial charge in [0, 0.05) is 19.6 Å². The second-order valence-electron chi connectivity index (χ2n) is 6.40. The predicted molar refractivity (Wildman–Crippen MR) is 91.0 cm³/mol. The Morgan fingerprint density at radius 3 is 2.74 bits per heavy atom. The molecule has 0 bridgehead atoms. The summed E-state index contributed by atoms with van der Waals surface area (Å²) in [7, 11) is 0. The van der Waals surface area contributed by atoms with E-state index in [2.05, 4.69) is 10.3 Å². The van der Waals surface area contributed by atoms with E-state index in [1.54, 1.807) is 24.3 Å². The van der Waals surface area contributed by atoms with Gasteiger partial charge in [0.05, 0.1) is 11.0 Å². The molecule has 1 unspecified atom stereocenters. The number of hydrogen-bond acceptors (Lipinski definition) is 3. The Labute approximate surface area is 152 Å². The second-order valence-corrected chi connectivity index (χ2v) is 6.40. The van der Waals surface area contributed by atoms with E-state index in [1.165, 1.54) is 4.57 Å². The van der Waals surface area contributed by atoms with Crippen molar-refractivity contribution in [1.29, 1.82) is 0 Å². The molecule has 0 aliphatic carbocycles. The molecule has 2 aromatic rings. The molecule has 2 amide bonds. The third-order valence-corrected chi connectivity index (χ3v) is 4.60. The molecule has 2 N–H and O–H groups in total. The molecular weight excluding hydrogens is 365 g/mol. The number of H-pyrrole nitrogens is 1. The summed E-state index contributed by atoms with van der Waals surface area (Å²) in [6.45, 7) is 0.454. The van der Waals surface area contributed by atoms with Crippen molar-refractivity contribution in [2.24, 2.45) is 0 Å². The number of amides is 2. The van der Waals surface area contributed by atoms with Gasteiger partial charge in [-0.2, -0.15) is 13.2 Å². The number of aromatic nitrogens is 2. The number of nitrogens with zero attached hydrogens (tertiary/aromatic N) is 2. The lowest BCUT2D eigenvalue weighted by atomic mass is 10.2. The van der Waals surface area contributed by atoms with Gasteiger partial charge in [-0.25, -0.2) is 4.79 Å². The summed E-state index contributed by atoms with van der Waals surface area (Å²) in [5.74, 6) is -2.58. The lowest BCUT2D eigenvalue weighted by Crippen LogP contribution is -2.50. The number of carbonyl (C=O) groups is 2. The largest absolute Gasteiger partial charge is 0.471 e. The van der Waals surface area contributed by atoms with Gasteiger partial charge in [-0.05, 0) is 31.4 Å². The van der Waals surface area contributed by atoms with Crippen molar-refractivity contribution in [1.82, 2.24) is 19.8 Å². The number of fused-ring (bicyclic) bond motifs is 1. The SMILES string of the molecule is O=C(NCCCn1c(=O)[nH]c2ccccc21)C1CCCN1C(=O)C(F)(F)F. The first kappa shape index (κ1) is 19.0. The Kier molecular flexibility index (Phi) is 5.24. The van der Waals surface area contributed by atoms with Crippen LogP contribution in [0.3, 0.4) is 0 Å². The van der Waals surface area contributed by atoms with Crippen molar-refractivity contribution >= 4 is 22.8 Å². The Bertz CT molecular complexity index is 903. The van der Waals surface area contributed by atoms with Gasteiger partial charge in [0.1, 0.15) is 6.04 Å². The lowest BCUT2D eigenvalue weighted by molar-refractivity contribution is -0.186. The van der Waals surface area contributed by atoms with Crippen LogP contribution in [0.1, 0.15) is 19.3 Å². The van der Waals surface area contributed by atoms with E-state index in [0.717, 1.165) is 5.52 Å². The Morgan fingerprint density at radius 2 is 2.00 bits per heavy atom. The van der Waals surface area contributed by atoms with Gasteiger partial charge >= 0.3 is 17.8 Å². The van der Waals surface area contributed by atoms with E-state index >= 15 is 0 Å². The average molecular weight is 384 g/mol. The van der Waals surface area contributed by atoms with Crippen LogP contribution in [0, 0.1) is 0 Å². The van der Waals surface area contributed by atoms with Gasteiger partial charge in [0.25, 0.3) is 0 Å². The van der Waals surface area contributed by atoms with Crippen LogP contribution >= 0.6 is 0 Å². The quantitative estimate of drug-likeness (QED) is 0.764. The highest BCUT2D eigenvalue weighted by Crippen LogP contribution is 2.25. The number of hydrogen-bond donors (Lipinski definition) is 2. The highest BCUT2D eigenvalue weighted by molar-refractivity contribution is 5.90. The van der Waals surface area contributed by atoms with Gasteiger partial charge in [0.15, 0.2) is 0 Å². The number of para-hydroxylation sites is 2. The van der Waals surface area contributed by atoms with E-state index in [9.17, 15) is 27.6 Å². The fourth-order valence-electron chi connectivity index (χ4n) is 3.34. The van der Waals surface area contributed by atoms with Crippen LogP contribution in [-0.2, 0) is 16.1 Å². The molecule has 0 spiro atoms. The van der Waals surface area contributed by atoms with E-state index < -0.39 is 24.0 Å². The number of halogens is 3. The zero-order chi connectivity index (χ0) is 19.6. The van der Waals surface area contributed by atoms with Gasteiger partial charge in [-0.3, -0.25) is 14.2 Å². The summed E-state index contributed by atoms with van der Waals surface area (Å²) >= 11 is 0. The molecule has 10 heteroatoms. The number of aromatic amines is 1.